The van der Waals surface area contributed by atoms with Gasteiger partial charge in [0.15, 0.2) is 0 Å². The predicted molar refractivity (Wildman–Crippen MR) is 228 cm³/mol. The summed E-state index contributed by atoms with van der Waals surface area (Å²) in [6.07, 6.45) is 9.56. The Balaban J connectivity index is 0.000000369. The van der Waals surface area contributed by atoms with Crippen LogP contribution in [-0.4, -0.2) is 19.3 Å². The van der Waals surface area contributed by atoms with Crippen LogP contribution < -0.4 is 9.47 Å². The predicted octanol–water partition coefficient (Wildman–Crippen LogP) is 14.1. The summed E-state index contributed by atoms with van der Waals surface area (Å²) in [5, 5.41) is 9.69. The van der Waals surface area contributed by atoms with Crippen LogP contribution in [0.25, 0.3) is 33.4 Å². The quantitative estimate of drug-likeness (QED) is 0.181. The van der Waals surface area contributed by atoms with Crippen LogP contribution in [0.4, 0.5) is 8.78 Å². The van der Waals surface area contributed by atoms with Crippen molar-refractivity contribution in [1.29, 1.82) is 0 Å². The number of halogens is 3. The third kappa shape index (κ3) is 5.93. The van der Waals surface area contributed by atoms with Crippen LogP contribution in [0.3, 0.4) is 0 Å². The SMILES string of the molecule is COc1ccc(F)c(-c2ccc(CCl)cc2C2=C[C@H]3CC[C@]2(C)C3(C)C)c1.COc1ccc(F)c(-c2ccc(CO)cc2C2=C[C@H]3CC[C@]2(C)C3(C)C)c1.[3H][3H].[3H][3H].[3H][3H].[3H][3H].[3H][3H]. The summed E-state index contributed by atoms with van der Waals surface area (Å²) in [5.74, 6) is 2.36. The largest absolute Gasteiger partial charge is 0.497 e. The normalized spacial score (nSPS) is 26.3. The summed E-state index contributed by atoms with van der Waals surface area (Å²) >= 11 is 6.14. The van der Waals surface area contributed by atoms with Crippen LogP contribution in [0.5, 0.6) is 11.5 Å². The Labute approximate surface area is 340 Å². The number of allylic oxidation sites excluding steroid dienone is 4. The fourth-order valence-corrected chi connectivity index (χ4v) is 10.3. The summed E-state index contributed by atoms with van der Waals surface area (Å²) in [4.78, 5) is 0. The highest BCUT2D eigenvalue weighted by Crippen LogP contribution is 2.69. The van der Waals surface area contributed by atoms with Gasteiger partial charge in [-0.2, -0.15) is 0 Å². The lowest BCUT2D eigenvalue weighted by atomic mass is 9.65. The van der Waals surface area contributed by atoms with Gasteiger partial charge >= 0.3 is 0 Å². The molecule has 0 aromatic heterocycles. The zero-order chi connectivity index (χ0) is 48.8. The van der Waals surface area contributed by atoms with Gasteiger partial charge in [0.25, 0.3) is 0 Å². The fraction of sp³-hybridized carbons (Fsp3) is 0.417. The Morgan fingerprint density at radius 3 is 1.41 bits per heavy atom. The Morgan fingerprint density at radius 1 is 0.630 bits per heavy atom. The van der Waals surface area contributed by atoms with Gasteiger partial charge < -0.3 is 14.6 Å². The molecule has 0 saturated heterocycles. The number of hydrogen-bond acceptors (Lipinski definition) is 3. The second-order valence-electron chi connectivity index (χ2n) is 17.3. The minimum atomic E-state index is -0.262. The van der Waals surface area contributed by atoms with E-state index in [-0.39, 0.29) is 39.9 Å². The molecule has 8 rings (SSSR count). The van der Waals surface area contributed by atoms with Crippen molar-refractivity contribution in [3.63, 3.8) is 0 Å². The zero-order valence-electron chi connectivity index (χ0n) is 42.9. The maximum absolute atomic E-state index is 14.8. The molecule has 2 fully saturated rings. The molecule has 1 N–H and O–H groups in total. The first-order chi connectivity index (χ1) is 30.6. The van der Waals surface area contributed by atoms with Gasteiger partial charge in [0, 0.05) is 31.9 Å². The van der Waals surface area contributed by atoms with Crippen molar-refractivity contribution in [3.05, 3.63) is 119 Å². The first-order valence-corrected chi connectivity index (χ1v) is 19.7. The third-order valence-corrected chi connectivity index (χ3v) is 14.9. The molecule has 3 nitrogen and oxygen atoms in total. The highest BCUT2D eigenvalue weighted by Gasteiger charge is 2.58. The summed E-state index contributed by atoms with van der Waals surface area (Å²) in [6.45, 7) is 14.1. The van der Waals surface area contributed by atoms with Gasteiger partial charge in [-0.1, -0.05) is 78.0 Å². The summed E-state index contributed by atoms with van der Waals surface area (Å²) < 4.78 is 90.2. The first-order valence-electron chi connectivity index (χ1n) is 24.2. The topological polar surface area (TPSA) is 38.7 Å². The van der Waals surface area contributed by atoms with E-state index in [0.29, 0.717) is 40.3 Å². The molecule has 4 aromatic carbocycles. The van der Waals surface area contributed by atoms with Crippen LogP contribution in [-0.2, 0) is 12.5 Å². The third-order valence-electron chi connectivity index (χ3n) is 14.5. The van der Waals surface area contributed by atoms with Crippen molar-refractivity contribution in [3.8, 4) is 33.8 Å². The second-order valence-corrected chi connectivity index (χ2v) is 17.6. The molecule has 6 heteroatoms. The molecular weight excluding hydrogens is 698 g/mol. The first kappa shape index (κ1) is 32.3. The van der Waals surface area contributed by atoms with Crippen LogP contribution >= 0.6 is 11.6 Å². The highest BCUT2D eigenvalue weighted by molar-refractivity contribution is 6.17. The molecule has 0 spiro atoms. The van der Waals surface area contributed by atoms with E-state index in [0.717, 1.165) is 39.8 Å². The van der Waals surface area contributed by atoms with E-state index >= 15 is 0 Å². The average molecular weight is 782 g/mol. The lowest BCUT2D eigenvalue weighted by Gasteiger charge is -2.38. The van der Waals surface area contributed by atoms with Gasteiger partial charge in [0.1, 0.15) is 23.1 Å². The minimum Gasteiger partial charge on any atom is -0.497 e. The average Bonchev–Trinajstić information content (AvgIpc) is 3.88. The summed E-state index contributed by atoms with van der Waals surface area (Å²) in [5.41, 5.74) is 10.1. The van der Waals surface area contributed by atoms with Gasteiger partial charge in [-0.15, -0.1) is 11.6 Å². The van der Waals surface area contributed by atoms with E-state index < -0.39 is 0 Å². The minimum absolute atomic E-state index is 0.0231. The second kappa shape index (κ2) is 14.0. The van der Waals surface area contributed by atoms with E-state index in [4.69, 9.17) is 35.9 Å². The van der Waals surface area contributed by atoms with Crippen LogP contribution in [0.15, 0.2) is 84.9 Å². The number of rotatable bonds is 8. The smallest absolute Gasteiger partial charge is 0.131 e. The lowest BCUT2D eigenvalue weighted by molar-refractivity contribution is 0.189. The van der Waals surface area contributed by atoms with Crippen molar-refractivity contribution in [2.24, 2.45) is 33.5 Å². The van der Waals surface area contributed by atoms with E-state index in [9.17, 15) is 13.9 Å². The van der Waals surface area contributed by atoms with Crippen molar-refractivity contribution < 1.29 is 38.2 Å². The van der Waals surface area contributed by atoms with Gasteiger partial charge in [0.2, 0.25) is 0 Å². The maximum atomic E-state index is 14.8. The van der Waals surface area contributed by atoms with E-state index in [1.54, 1.807) is 38.5 Å². The molecular formula is C48H63ClF2O3. The Bertz CT molecular complexity index is 2050. The van der Waals surface area contributed by atoms with Gasteiger partial charge in [-0.25, -0.2) is 8.78 Å². The van der Waals surface area contributed by atoms with Crippen molar-refractivity contribution in [2.45, 2.75) is 79.7 Å². The Hall–Kier alpha value is -3.93. The molecule has 0 amide bonds. The monoisotopic (exact) mass is 781 g/mol. The molecule has 4 atom stereocenters. The highest BCUT2D eigenvalue weighted by atomic mass is 35.5. The molecule has 0 aliphatic heterocycles. The Morgan fingerprint density at radius 2 is 1.06 bits per heavy atom. The fourth-order valence-electron chi connectivity index (χ4n) is 10.1. The number of alkyl halides is 1. The molecule has 4 bridgehead atoms. The van der Waals surface area contributed by atoms with Gasteiger partial charge in [-0.3, -0.25) is 0 Å². The number of benzene rings is 4. The molecule has 0 unspecified atom stereocenters. The number of methoxy groups -OCH3 is 2. The number of aliphatic hydroxyl groups excluding tert-OH is 1. The molecule has 4 aliphatic rings. The maximum Gasteiger partial charge on any atom is 0.131 e. The van der Waals surface area contributed by atoms with Crippen LogP contribution in [0.2, 0.25) is 0 Å². The van der Waals surface area contributed by atoms with Crippen molar-refractivity contribution in [1.82, 2.24) is 0 Å². The zero-order valence-corrected chi connectivity index (χ0v) is 33.6. The van der Waals surface area contributed by atoms with Gasteiger partial charge in [0.05, 0.1) is 20.8 Å². The van der Waals surface area contributed by atoms with E-state index in [1.807, 2.05) is 30.3 Å². The standard InChI is InChI=1S/C24H26ClFO.C24H27FO2.5H2/c1-23(2)16-9-10-24(23,3)21(12-16)19-11-15(14-25)5-7-18(19)20-13-17(27-4)6-8-22(20)26;1-23(2)16-9-10-24(23,3)21(12-16)19-11-15(14-26)5-7-18(19)20-13-17(27-4)6-8-22(20)25;;;;;/h5-8,11-13,16H,9-10,14H2,1-4H3;5-8,11-13,16,26H,9-10,14H2,1-4H3;5*1H/t2*16-,24+;;;;;/m11...../s1/i;;5*1+2T. The lowest BCUT2D eigenvalue weighted by Crippen LogP contribution is -2.29. The molecule has 0 radical (unpaired) electrons. The summed E-state index contributed by atoms with van der Waals surface area (Å²) in [6, 6.07) is 21.8. The molecule has 2 saturated carbocycles. The van der Waals surface area contributed by atoms with E-state index in [2.05, 4.69) is 59.8 Å². The molecule has 54 heavy (non-hydrogen) atoms. The van der Waals surface area contributed by atoms with Crippen LogP contribution in [0.1, 0.15) is 104 Å². The van der Waals surface area contributed by atoms with Crippen LogP contribution in [0, 0.1) is 45.1 Å². The number of ether oxygens (including phenoxy) is 2. The molecule has 0 heterocycles. The summed E-state index contributed by atoms with van der Waals surface area (Å²) in [7, 11) is 3.20. The number of hydrogen-bond donors (Lipinski definition) is 1. The Kier molecular flexibility index (Phi) is 8.37. The number of aliphatic hydroxyl groups is 1. The number of fused-ring (bicyclic) bond motifs is 4. The van der Waals surface area contributed by atoms with Crippen molar-refractivity contribution >= 4 is 22.7 Å². The van der Waals surface area contributed by atoms with Crippen molar-refractivity contribution in [2.75, 3.05) is 14.2 Å². The van der Waals surface area contributed by atoms with E-state index in [1.165, 1.54) is 42.5 Å². The van der Waals surface area contributed by atoms with Gasteiger partial charge in [-0.05, 0) is 152 Å². The molecule has 4 aromatic rings. The molecule has 4 aliphatic carbocycles. The molecule has 294 valence electrons.